The summed E-state index contributed by atoms with van der Waals surface area (Å²) in [5.74, 6) is -0.371. The van der Waals surface area contributed by atoms with Gasteiger partial charge in [-0.25, -0.2) is 4.79 Å². The highest BCUT2D eigenvalue weighted by atomic mass is 16.5. The third kappa shape index (κ3) is 4.37. The number of aromatic nitrogens is 1. The zero-order chi connectivity index (χ0) is 24.5. The highest BCUT2D eigenvalue weighted by molar-refractivity contribution is 6.35. The number of fused-ring (bicyclic) bond motifs is 2. The van der Waals surface area contributed by atoms with Gasteiger partial charge in [0.15, 0.2) is 0 Å². The summed E-state index contributed by atoms with van der Waals surface area (Å²) in [5.41, 5.74) is 6.93. The topological polar surface area (TPSA) is 100 Å². The number of H-pyrrole nitrogens is 1. The number of hydrogen-bond donors (Lipinski definition) is 3. The van der Waals surface area contributed by atoms with Crippen LogP contribution in [0.4, 0.5) is 11.4 Å². The summed E-state index contributed by atoms with van der Waals surface area (Å²) in [6.45, 7) is 2.22. The van der Waals surface area contributed by atoms with Crippen LogP contribution >= 0.6 is 0 Å². The van der Waals surface area contributed by atoms with Gasteiger partial charge in [-0.2, -0.15) is 0 Å². The fourth-order valence-electron chi connectivity index (χ4n) is 4.93. The normalized spacial score (nSPS) is 17.5. The molecule has 7 heteroatoms. The van der Waals surface area contributed by atoms with Crippen molar-refractivity contribution in [2.75, 3.05) is 17.7 Å². The summed E-state index contributed by atoms with van der Waals surface area (Å²) < 4.78 is 4.69. The van der Waals surface area contributed by atoms with E-state index in [-0.39, 0.29) is 11.8 Å². The molecule has 0 spiro atoms. The van der Waals surface area contributed by atoms with Crippen molar-refractivity contribution >= 4 is 40.8 Å². The van der Waals surface area contributed by atoms with Crippen LogP contribution in [-0.2, 0) is 16.0 Å². The van der Waals surface area contributed by atoms with Crippen LogP contribution in [-0.4, -0.2) is 29.9 Å². The molecule has 3 N–H and O–H groups in total. The van der Waals surface area contributed by atoms with Gasteiger partial charge in [0.05, 0.1) is 18.2 Å². The lowest BCUT2D eigenvalue weighted by molar-refractivity contribution is -0.110. The molecule has 0 fully saturated rings. The van der Waals surface area contributed by atoms with Crippen molar-refractivity contribution in [3.8, 4) is 0 Å². The predicted octanol–water partition coefficient (Wildman–Crippen LogP) is 5.38. The van der Waals surface area contributed by atoms with Crippen LogP contribution in [0.2, 0.25) is 0 Å². The van der Waals surface area contributed by atoms with Crippen LogP contribution in [0.25, 0.3) is 11.6 Å². The van der Waals surface area contributed by atoms with Crippen molar-refractivity contribution in [2.45, 2.75) is 38.5 Å². The number of carbonyl (C=O) groups is 3. The first-order chi connectivity index (χ1) is 17.0. The molecule has 178 valence electrons. The lowest BCUT2D eigenvalue weighted by Crippen LogP contribution is -2.12. The molecule has 7 nitrogen and oxygen atoms in total. The molecule has 0 bridgehead atoms. The summed E-state index contributed by atoms with van der Waals surface area (Å²) in [6, 6.07) is 13.8. The average Bonchev–Trinajstić information content (AvgIpc) is 3.43. The molecule has 2 aliphatic rings. The zero-order valence-electron chi connectivity index (χ0n) is 19.7. The Bertz CT molecular complexity index is 1350. The second kappa shape index (κ2) is 9.25. The van der Waals surface area contributed by atoms with Gasteiger partial charge in [0.25, 0.3) is 11.8 Å². The molecular formula is C28H27N3O4. The smallest absolute Gasteiger partial charge is 0.337 e. The first-order valence-corrected chi connectivity index (χ1v) is 11.9. The van der Waals surface area contributed by atoms with Crippen LogP contribution in [0.3, 0.4) is 0 Å². The zero-order valence-corrected chi connectivity index (χ0v) is 19.7. The minimum atomic E-state index is -0.458. The number of rotatable bonds is 5. The van der Waals surface area contributed by atoms with Gasteiger partial charge in [0, 0.05) is 33.9 Å². The van der Waals surface area contributed by atoms with E-state index in [1.54, 1.807) is 42.5 Å². The van der Waals surface area contributed by atoms with Crippen molar-refractivity contribution in [3.05, 3.63) is 82.2 Å². The van der Waals surface area contributed by atoms with Crippen molar-refractivity contribution in [1.29, 1.82) is 0 Å². The molecule has 2 aromatic carbocycles. The Hall–Kier alpha value is -4.13. The molecule has 5 rings (SSSR count). The van der Waals surface area contributed by atoms with Gasteiger partial charge in [-0.1, -0.05) is 6.92 Å². The Balaban J connectivity index is 1.39. The van der Waals surface area contributed by atoms with Crippen molar-refractivity contribution < 1.29 is 19.1 Å². The van der Waals surface area contributed by atoms with Gasteiger partial charge in [-0.15, -0.1) is 0 Å². The van der Waals surface area contributed by atoms with Gasteiger partial charge in [-0.3, -0.25) is 9.59 Å². The number of nitrogens with one attached hydrogen (secondary N) is 3. The molecule has 0 radical (unpaired) electrons. The molecule has 2 heterocycles. The number of anilines is 2. The third-order valence-electron chi connectivity index (χ3n) is 6.80. The second-order valence-corrected chi connectivity index (χ2v) is 8.95. The minimum Gasteiger partial charge on any atom is -0.465 e. The molecule has 0 saturated heterocycles. The lowest BCUT2D eigenvalue weighted by atomic mass is 9.85. The van der Waals surface area contributed by atoms with Gasteiger partial charge in [0.1, 0.15) is 0 Å². The van der Waals surface area contributed by atoms with E-state index in [1.165, 1.54) is 31.2 Å². The Morgan fingerprint density at radius 2 is 1.89 bits per heavy atom. The van der Waals surface area contributed by atoms with E-state index in [0.29, 0.717) is 34.0 Å². The number of aromatic amines is 1. The number of aryl methyl sites for hydroxylation is 1. The lowest BCUT2D eigenvalue weighted by Gasteiger charge is -2.20. The number of hydrogen-bond acceptors (Lipinski definition) is 4. The monoisotopic (exact) mass is 469 g/mol. The highest BCUT2D eigenvalue weighted by Crippen LogP contribution is 2.38. The standard InChI is InChI=1S/C28H27N3O4/c1-3-16-5-4-6-24-21(16)14-20(29-24)15-23-22-13-19(11-12-25(22)31-27(23)33)30-26(32)17-7-9-18(10-8-17)28(34)35-2/h7-16,29H,3-6H2,1-2H3,(H,30,32)(H,31,33). The molecule has 35 heavy (non-hydrogen) atoms. The van der Waals surface area contributed by atoms with Crippen molar-refractivity contribution in [3.63, 3.8) is 0 Å². The fraction of sp³-hybridized carbons (Fsp3) is 0.250. The summed E-state index contributed by atoms with van der Waals surface area (Å²) in [5, 5.41) is 5.78. The summed E-state index contributed by atoms with van der Waals surface area (Å²) in [4.78, 5) is 40.6. The third-order valence-corrected chi connectivity index (χ3v) is 6.80. The van der Waals surface area contributed by atoms with Crippen molar-refractivity contribution in [1.82, 2.24) is 4.98 Å². The van der Waals surface area contributed by atoms with Crippen LogP contribution in [0, 0.1) is 0 Å². The van der Waals surface area contributed by atoms with E-state index in [0.717, 1.165) is 24.1 Å². The summed E-state index contributed by atoms with van der Waals surface area (Å²) in [6.07, 6.45) is 6.42. The molecule has 2 amide bonds. The Morgan fingerprint density at radius 3 is 2.63 bits per heavy atom. The molecule has 1 aliphatic carbocycles. The highest BCUT2D eigenvalue weighted by Gasteiger charge is 2.26. The number of benzene rings is 2. The molecule has 0 saturated carbocycles. The molecule has 1 unspecified atom stereocenters. The number of carbonyl (C=O) groups excluding carboxylic acids is 3. The van der Waals surface area contributed by atoms with Gasteiger partial charge < -0.3 is 20.4 Å². The van der Waals surface area contributed by atoms with E-state index in [2.05, 4.69) is 28.6 Å². The quantitative estimate of drug-likeness (QED) is 0.345. The maximum Gasteiger partial charge on any atom is 0.337 e. The SMILES string of the molecule is CCC1CCCc2[nH]c(C=C3C(=O)Nc4ccc(NC(=O)c5ccc(C(=O)OC)cc5)cc43)cc21. The van der Waals surface area contributed by atoms with Crippen LogP contribution in [0.5, 0.6) is 0 Å². The minimum absolute atomic E-state index is 0.165. The van der Waals surface area contributed by atoms with E-state index in [4.69, 9.17) is 4.74 Å². The largest absolute Gasteiger partial charge is 0.465 e. The number of esters is 1. The van der Waals surface area contributed by atoms with Crippen LogP contribution in [0.1, 0.15) is 75.3 Å². The second-order valence-electron chi connectivity index (χ2n) is 8.95. The Labute approximate surface area is 203 Å². The average molecular weight is 470 g/mol. The first-order valence-electron chi connectivity index (χ1n) is 11.9. The molecule has 1 aliphatic heterocycles. The number of amides is 2. The first kappa shape index (κ1) is 22.7. The number of ether oxygens (including phenoxy) is 1. The van der Waals surface area contributed by atoms with Crippen LogP contribution < -0.4 is 10.6 Å². The van der Waals surface area contributed by atoms with Gasteiger partial charge >= 0.3 is 5.97 Å². The van der Waals surface area contributed by atoms with Crippen LogP contribution in [0.15, 0.2) is 48.5 Å². The van der Waals surface area contributed by atoms with E-state index < -0.39 is 5.97 Å². The summed E-state index contributed by atoms with van der Waals surface area (Å²) in [7, 11) is 1.31. The Morgan fingerprint density at radius 1 is 1.11 bits per heavy atom. The fourth-order valence-corrected chi connectivity index (χ4v) is 4.93. The van der Waals surface area contributed by atoms with Gasteiger partial charge in [0.2, 0.25) is 0 Å². The molecular weight excluding hydrogens is 442 g/mol. The van der Waals surface area contributed by atoms with E-state index >= 15 is 0 Å². The maximum absolute atomic E-state index is 12.7. The Kier molecular flexibility index (Phi) is 5.99. The molecule has 1 atom stereocenters. The number of methoxy groups -OCH3 is 1. The predicted molar refractivity (Wildman–Crippen MR) is 135 cm³/mol. The van der Waals surface area contributed by atoms with E-state index in [1.807, 2.05) is 6.08 Å². The van der Waals surface area contributed by atoms with E-state index in [9.17, 15) is 14.4 Å². The van der Waals surface area contributed by atoms with Gasteiger partial charge in [-0.05, 0) is 91.8 Å². The molecule has 1 aromatic heterocycles. The summed E-state index contributed by atoms with van der Waals surface area (Å²) >= 11 is 0. The maximum atomic E-state index is 12.7. The molecule has 3 aromatic rings. The van der Waals surface area contributed by atoms with Crippen molar-refractivity contribution in [2.24, 2.45) is 0 Å².